The zero-order valence-corrected chi connectivity index (χ0v) is 12.7. The topological polar surface area (TPSA) is 21.3 Å². The van der Waals surface area contributed by atoms with Crippen molar-refractivity contribution >= 4 is 11.6 Å². The van der Waals surface area contributed by atoms with Gasteiger partial charge < -0.3 is 10.1 Å². The molecule has 3 heteroatoms. The summed E-state index contributed by atoms with van der Waals surface area (Å²) in [5.41, 5.74) is 1.65. The Hall–Kier alpha value is -0.570. The molecule has 106 valence electrons. The third-order valence-electron chi connectivity index (χ3n) is 3.91. The number of nitrogens with one attached hydrogen (secondary N) is 1. The van der Waals surface area contributed by atoms with Crippen molar-refractivity contribution in [2.75, 3.05) is 19.8 Å². The lowest BCUT2D eigenvalue weighted by Crippen LogP contribution is -2.42. The molecule has 2 nitrogen and oxygen atoms in total. The largest absolute Gasteiger partial charge is 0.381 e. The van der Waals surface area contributed by atoms with Crippen molar-refractivity contribution in [2.45, 2.75) is 39.2 Å². The summed E-state index contributed by atoms with van der Waals surface area (Å²) in [6.07, 6.45) is 3.33. The van der Waals surface area contributed by atoms with Gasteiger partial charge in [0, 0.05) is 30.8 Å². The van der Waals surface area contributed by atoms with E-state index in [9.17, 15) is 0 Å². The number of hydrogen-bond acceptors (Lipinski definition) is 2. The van der Waals surface area contributed by atoms with Crippen LogP contribution in [-0.4, -0.2) is 25.8 Å². The van der Waals surface area contributed by atoms with Crippen molar-refractivity contribution in [3.8, 4) is 0 Å². The highest BCUT2D eigenvalue weighted by Gasteiger charge is 2.32. The molecule has 1 heterocycles. The number of ether oxygens (including phenoxy) is 1. The summed E-state index contributed by atoms with van der Waals surface area (Å²) in [7, 11) is 0. The minimum absolute atomic E-state index is 0.313. The lowest BCUT2D eigenvalue weighted by atomic mass is 9.75. The summed E-state index contributed by atoms with van der Waals surface area (Å²) < 4.78 is 5.54. The zero-order valence-electron chi connectivity index (χ0n) is 11.9. The van der Waals surface area contributed by atoms with Crippen molar-refractivity contribution < 1.29 is 4.74 Å². The molecule has 0 amide bonds. The van der Waals surface area contributed by atoms with Gasteiger partial charge >= 0.3 is 0 Å². The van der Waals surface area contributed by atoms with E-state index in [2.05, 4.69) is 31.3 Å². The van der Waals surface area contributed by atoms with Gasteiger partial charge in [-0.1, -0.05) is 37.6 Å². The first kappa shape index (κ1) is 14.8. The van der Waals surface area contributed by atoms with Crippen molar-refractivity contribution in [1.29, 1.82) is 0 Å². The molecule has 2 rings (SSSR count). The normalized spacial score (nSPS) is 18.7. The average molecular weight is 282 g/mol. The second-order valence-electron chi connectivity index (χ2n) is 5.95. The van der Waals surface area contributed by atoms with Crippen LogP contribution in [-0.2, 0) is 11.2 Å². The van der Waals surface area contributed by atoms with Crippen molar-refractivity contribution in [1.82, 2.24) is 5.32 Å². The number of halogens is 1. The maximum absolute atomic E-state index is 6.10. The molecule has 0 unspecified atom stereocenters. The highest BCUT2D eigenvalue weighted by molar-refractivity contribution is 6.30. The molecule has 0 aliphatic carbocycles. The predicted molar refractivity (Wildman–Crippen MR) is 80.8 cm³/mol. The Balaban J connectivity index is 2.08. The number of hydrogen-bond donors (Lipinski definition) is 1. The van der Waals surface area contributed by atoms with Crippen LogP contribution in [0.1, 0.15) is 32.3 Å². The molecule has 0 radical (unpaired) electrons. The molecule has 0 spiro atoms. The maximum Gasteiger partial charge on any atom is 0.0471 e. The van der Waals surface area contributed by atoms with E-state index >= 15 is 0 Å². The van der Waals surface area contributed by atoms with Gasteiger partial charge in [-0.2, -0.15) is 0 Å². The van der Waals surface area contributed by atoms with E-state index in [1.807, 2.05) is 12.1 Å². The van der Waals surface area contributed by atoms with Gasteiger partial charge in [0.2, 0.25) is 0 Å². The van der Waals surface area contributed by atoms with E-state index in [0.717, 1.165) is 44.0 Å². The van der Waals surface area contributed by atoms with Crippen LogP contribution in [0.3, 0.4) is 0 Å². The van der Waals surface area contributed by atoms with Crippen LogP contribution in [0.2, 0.25) is 5.02 Å². The van der Waals surface area contributed by atoms with E-state index in [1.165, 1.54) is 5.56 Å². The van der Waals surface area contributed by atoms with Gasteiger partial charge in [0.05, 0.1) is 0 Å². The molecule has 1 aromatic carbocycles. The fourth-order valence-electron chi connectivity index (χ4n) is 2.72. The molecule has 19 heavy (non-hydrogen) atoms. The molecule has 1 aromatic rings. The number of rotatable bonds is 5. The monoisotopic (exact) mass is 281 g/mol. The van der Waals surface area contributed by atoms with Crippen molar-refractivity contribution in [2.24, 2.45) is 5.41 Å². The second kappa shape index (κ2) is 6.74. The first-order valence-corrected chi connectivity index (χ1v) is 7.53. The standard InChI is InChI=1S/C16H24ClNO/c1-13(2)18-12-16(6-8-19-9-7-16)11-14-4-3-5-15(17)10-14/h3-5,10,13,18H,6-9,11-12H2,1-2H3. The molecule has 1 saturated heterocycles. The smallest absolute Gasteiger partial charge is 0.0471 e. The van der Waals surface area contributed by atoms with Crippen molar-refractivity contribution in [3.05, 3.63) is 34.9 Å². The van der Waals surface area contributed by atoms with Gasteiger partial charge in [0.1, 0.15) is 0 Å². The summed E-state index contributed by atoms with van der Waals surface area (Å²) in [5, 5.41) is 4.43. The summed E-state index contributed by atoms with van der Waals surface area (Å²) >= 11 is 6.10. The van der Waals surface area contributed by atoms with Crippen LogP contribution in [0.25, 0.3) is 0 Å². The molecular weight excluding hydrogens is 258 g/mol. The van der Waals surface area contributed by atoms with Gasteiger partial charge in [-0.3, -0.25) is 0 Å². The third kappa shape index (κ3) is 4.48. The van der Waals surface area contributed by atoms with Crippen LogP contribution >= 0.6 is 11.6 Å². The van der Waals surface area contributed by atoms with E-state index in [1.54, 1.807) is 0 Å². The Labute approximate surface area is 121 Å². The molecule has 1 fully saturated rings. The molecule has 0 aromatic heterocycles. The van der Waals surface area contributed by atoms with Crippen molar-refractivity contribution in [3.63, 3.8) is 0 Å². The van der Waals surface area contributed by atoms with E-state index in [-0.39, 0.29) is 0 Å². The van der Waals surface area contributed by atoms with Crippen LogP contribution in [0, 0.1) is 5.41 Å². The van der Waals surface area contributed by atoms with Gasteiger partial charge in [-0.05, 0) is 42.4 Å². The highest BCUT2D eigenvalue weighted by atomic mass is 35.5. The first-order valence-electron chi connectivity index (χ1n) is 7.15. The van der Waals surface area contributed by atoms with E-state index in [4.69, 9.17) is 16.3 Å². The molecule has 1 aliphatic heterocycles. The lowest BCUT2D eigenvalue weighted by molar-refractivity contribution is 0.0141. The SMILES string of the molecule is CC(C)NCC1(Cc2cccc(Cl)c2)CCOCC1. The fourth-order valence-corrected chi connectivity index (χ4v) is 2.93. The quantitative estimate of drug-likeness (QED) is 0.889. The summed E-state index contributed by atoms with van der Waals surface area (Å²) in [6, 6.07) is 8.78. The lowest BCUT2D eigenvalue weighted by Gasteiger charge is -2.38. The molecule has 1 N–H and O–H groups in total. The summed E-state index contributed by atoms with van der Waals surface area (Å²) in [4.78, 5) is 0. The minimum atomic E-state index is 0.313. The van der Waals surface area contributed by atoms with Crippen LogP contribution in [0.5, 0.6) is 0 Å². The minimum Gasteiger partial charge on any atom is -0.381 e. The molecule has 1 aliphatic rings. The van der Waals surface area contributed by atoms with E-state index in [0.29, 0.717) is 11.5 Å². The third-order valence-corrected chi connectivity index (χ3v) is 4.14. The Bertz CT molecular complexity index is 399. The van der Waals surface area contributed by atoms with Crippen LogP contribution in [0.4, 0.5) is 0 Å². The zero-order chi connectivity index (χ0) is 13.7. The maximum atomic E-state index is 6.10. The summed E-state index contributed by atoms with van der Waals surface area (Å²) in [5.74, 6) is 0. The first-order chi connectivity index (χ1) is 9.10. The summed E-state index contributed by atoms with van der Waals surface area (Å²) in [6.45, 7) is 7.21. The van der Waals surface area contributed by atoms with Gasteiger partial charge in [0.25, 0.3) is 0 Å². The molecule has 0 atom stereocenters. The molecular formula is C16H24ClNO. The Morgan fingerprint density at radius 2 is 2.05 bits per heavy atom. The van der Waals surface area contributed by atoms with Crippen LogP contribution < -0.4 is 5.32 Å². The van der Waals surface area contributed by atoms with Gasteiger partial charge in [-0.15, -0.1) is 0 Å². The van der Waals surface area contributed by atoms with Crippen LogP contribution in [0.15, 0.2) is 24.3 Å². The molecule has 0 bridgehead atoms. The Kier molecular flexibility index (Phi) is 5.26. The second-order valence-corrected chi connectivity index (χ2v) is 6.39. The Morgan fingerprint density at radius 1 is 1.32 bits per heavy atom. The Morgan fingerprint density at radius 3 is 2.68 bits per heavy atom. The van der Waals surface area contributed by atoms with Gasteiger partial charge in [0.15, 0.2) is 0 Å². The number of benzene rings is 1. The highest BCUT2D eigenvalue weighted by Crippen LogP contribution is 2.34. The fraction of sp³-hybridized carbons (Fsp3) is 0.625. The predicted octanol–water partition coefficient (Wildman–Crippen LogP) is 3.68. The van der Waals surface area contributed by atoms with E-state index < -0.39 is 0 Å². The average Bonchev–Trinajstić information content (AvgIpc) is 2.38. The molecule has 0 saturated carbocycles. The van der Waals surface area contributed by atoms with Gasteiger partial charge in [-0.25, -0.2) is 0 Å².